The largest absolute Gasteiger partial charge is 0.480 e. The Hall–Kier alpha value is -4.01. The van der Waals surface area contributed by atoms with Crippen molar-refractivity contribution in [1.82, 2.24) is 34.7 Å². The Kier molecular flexibility index (Phi) is 5.88. The molecule has 3 N–H and O–H groups in total. The molecule has 5 rings (SSSR count). The second-order valence-corrected chi connectivity index (χ2v) is 10.4. The molecule has 3 aromatic heterocycles. The molecule has 2 atom stereocenters. The molecule has 2 amide bonds. The van der Waals surface area contributed by atoms with Crippen molar-refractivity contribution in [2.75, 3.05) is 39.0 Å². The van der Waals surface area contributed by atoms with Crippen molar-refractivity contribution < 1.29 is 36.0 Å². The third-order valence-electron chi connectivity index (χ3n) is 6.81. The lowest BCUT2D eigenvalue weighted by Crippen LogP contribution is -2.55. The highest BCUT2D eigenvalue weighted by atomic mass is 19.3. The number of amides is 2. The molecule has 0 aromatic carbocycles. The minimum Gasteiger partial charge on any atom is -0.480 e. The van der Waals surface area contributed by atoms with Crippen LogP contribution in [0.2, 0.25) is 0 Å². The molecule has 2 fully saturated rings. The number of ether oxygens (including phenoxy) is 1. The molecule has 5 heterocycles. The molecular weight excluding hydrogens is 536 g/mol. The van der Waals surface area contributed by atoms with Crippen molar-refractivity contribution in [2.24, 2.45) is 0 Å². The molecule has 2 saturated heterocycles. The lowest BCUT2D eigenvalue weighted by molar-refractivity contribution is -0.141. The number of nitrogens with two attached hydrogens (primary N) is 1. The molecule has 11 nitrogen and oxygen atoms in total. The number of methoxy groups -OCH3 is 1. The minimum atomic E-state index is -2.99. The maximum atomic E-state index is 14.8. The van der Waals surface area contributed by atoms with Crippen molar-refractivity contribution in [3.8, 4) is 17.1 Å². The first-order chi connectivity index (χ1) is 19.9. The van der Waals surface area contributed by atoms with Crippen LogP contribution in [0.3, 0.4) is 0 Å². The number of hydrogen-bond acceptors (Lipinski definition) is 8. The van der Waals surface area contributed by atoms with E-state index in [4.69, 9.17) is 14.6 Å². The van der Waals surface area contributed by atoms with Crippen molar-refractivity contribution in [2.45, 2.75) is 44.2 Å². The average molecular weight is 568 g/mol. The van der Waals surface area contributed by atoms with Gasteiger partial charge < -0.3 is 20.7 Å². The SMILES string of the molecule is [2H]C([2H])([2H])Oc1ncc(-c2cc(CN3CC(F)(F)C3)c3c(N)ncnn23)cc1C(=O)N[C@@H]1CN(C(=O)C(C)(C)F)C[C@@H]1F. The monoisotopic (exact) mass is 567 g/mol. The fraction of sp³-hybridized carbons (Fsp3) is 0.480. The molecule has 0 unspecified atom stereocenters. The summed E-state index contributed by atoms with van der Waals surface area (Å²) in [5, 5.41) is 6.63. The lowest BCUT2D eigenvalue weighted by atomic mass is 10.1. The summed E-state index contributed by atoms with van der Waals surface area (Å²) in [6, 6.07) is 1.63. The topological polar surface area (TPSA) is 131 Å². The number of fused-ring (bicyclic) bond motifs is 1. The van der Waals surface area contributed by atoms with Gasteiger partial charge in [0.05, 0.1) is 42.5 Å². The van der Waals surface area contributed by atoms with Crippen LogP contribution in [0.15, 0.2) is 24.7 Å². The van der Waals surface area contributed by atoms with Gasteiger partial charge in [-0.3, -0.25) is 14.5 Å². The summed E-state index contributed by atoms with van der Waals surface area (Å²) in [5.41, 5.74) is 4.87. The number of rotatable bonds is 7. The molecule has 15 heteroatoms. The Morgan fingerprint density at radius 3 is 2.70 bits per heavy atom. The molecule has 3 aromatic rings. The molecule has 0 spiro atoms. The van der Waals surface area contributed by atoms with E-state index in [1.54, 1.807) is 6.07 Å². The maximum Gasteiger partial charge on any atom is 0.272 e. The van der Waals surface area contributed by atoms with Crippen molar-refractivity contribution in [3.05, 3.63) is 35.8 Å². The summed E-state index contributed by atoms with van der Waals surface area (Å²) in [5.74, 6) is -5.21. The maximum absolute atomic E-state index is 14.8. The van der Waals surface area contributed by atoms with Gasteiger partial charge >= 0.3 is 0 Å². The molecule has 214 valence electrons. The van der Waals surface area contributed by atoms with E-state index in [1.165, 1.54) is 28.0 Å². The number of carbonyl (C=O) groups is 2. The van der Waals surface area contributed by atoms with Crippen LogP contribution in [-0.4, -0.2) is 98.2 Å². The normalized spacial score (nSPS) is 22.4. The quantitative estimate of drug-likeness (QED) is 0.414. The summed E-state index contributed by atoms with van der Waals surface area (Å²) < 4.78 is 84.6. The van der Waals surface area contributed by atoms with E-state index in [1.807, 2.05) is 0 Å². The van der Waals surface area contributed by atoms with Crippen molar-refractivity contribution >= 4 is 23.1 Å². The first kappa shape index (κ1) is 23.8. The predicted molar refractivity (Wildman–Crippen MR) is 135 cm³/mol. The number of halogens is 4. The van der Waals surface area contributed by atoms with Crippen molar-refractivity contribution in [1.29, 1.82) is 0 Å². The van der Waals surface area contributed by atoms with E-state index in [0.717, 1.165) is 18.7 Å². The average Bonchev–Trinajstić information content (AvgIpc) is 3.42. The molecule has 2 aliphatic rings. The van der Waals surface area contributed by atoms with Crippen LogP contribution in [0.5, 0.6) is 5.88 Å². The van der Waals surface area contributed by atoms with Gasteiger partial charge in [0.15, 0.2) is 11.5 Å². The smallest absolute Gasteiger partial charge is 0.272 e. The second kappa shape index (κ2) is 9.87. The summed E-state index contributed by atoms with van der Waals surface area (Å²) >= 11 is 0. The first-order valence-corrected chi connectivity index (χ1v) is 12.3. The molecule has 0 radical (unpaired) electrons. The zero-order valence-electron chi connectivity index (χ0n) is 24.5. The van der Waals surface area contributed by atoms with E-state index in [2.05, 4.69) is 20.4 Å². The zero-order chi connectivity index (χ0) is 31.5. The molecule has 0 bridgehead atoms. The van der Waals surface area contributed by atoms with Gasteiger partial charge in [-0.05, 0) is 31.5 Å². The van der Waals surface area contributed by atoms with Crippen LogP contribution in [0, 0.1) is 0 Å². The fourth-order valence-electron chi connectivity index (χ4n) is 4.96. The zero-order valence-corrected chi connectivity index (χ0v) is 21.5. The van der Waals surface area contributed by atoms with Gasteiger partial charge in [-0.1, -0.05) is 0 Å². The van der Waals surface area contributed by atoms with Crippen LogP contribution < -0.4 is 15.8 Å². The van der Waals surface area contributed by atoms with E-state index >= 15 is 0 Å². The first-order valence-electron chi connectivity index (χ1n) is 13.8. The number of carbonyl (C=O) groups excluding carboxylic acids is 2. The highest BCUT2D eigenvalue weighted by molar-refractivity contribution is 5.98. The number of hydrogen-bond donors (Lipinski definition) is 2. The van der Waals surface area contributed by atoms with Gasteiger partial charge in [0, 0.05) is 24.8 Å². The predicted octanol–water partition coefficient (Wildman–Crippen LogP) is 1.86. The number of likely N-dealkylation sites (tertiary alicyclic amines) is 2. The molecular formula is C25H28F4N8O3. The van der Waals surface area contributed by atoms with Gasteiger partial charge in [0.1, 0.15) is 23.6 Å². The summed E-state index contributed by atoms with van der Waals surface area (Å²) in [4.78, 5) is 36.2. The Balaban J connectivity index is 1.48. The minimum absolute atomic E-state index is 0.0718. The number of alkyl halides is 4. The van der Waals surface area contributed by atoms with Crippen molar-refractivity contribution in [3.63, 3.8) is 0 Å². The Morgan fingerprint density at radius 1 is 1.27 bits per heavy atom. The van der Waals surface area contributed by atoms with Gasteiger partial charge in [-0.25, -0.2) is 32.0 Å². The van der Waals surface area contributed by atoms with Gasteiger partial charge in [-0.15, -0.1) is 0 Å². The summed E-state index contributed by atoms with van der Waals surface area (Å²) in [6.45, 7) is 0.529. The van der Waals surface area contributed by atoms with E-state index < -0.39 is 68.2 Å². The fourth-order valence-corrected chi connectivity index (χ4v) is 4.96. The highest BCUT2D eigenvalue weighted by Gasteiger charge is 2.44. The second-order valence-electron chi connectivity index (χ2n) is 10.4. The van der Waals surface area contributed by atoms with E-state index in [0.29, 0.717) is 16.8 Å². The van der Waals surface area contributed by atoms with Gasteiger partial charge in [0.25, 0.3) is 17.7 Å². The molecule has 0 saturated carbocycles. The Bertz CT molecular complexity index is 1570. The Morgan fingerprint density at radius 2 is 2.02 bits per heavy atom. The van der Waals surface area contributed by atoms with Crippen LogP contribution in [0.25, 0.3) is 16.8 Å². The number of nitrogens with one attached hydrogen (secondary N) is 1. The molecule has 40 heavy (non-hydrogen) atoms. The molecule has 0 aliphatic carbocycles. The highest BCUT2D eigenvalue weighted by Crippen LogP contribution is 2.34. The van der Waals surface area contributed by atoms with E-state index in [-0.39, 0.29) is 30.0 Å². The third kappa shape index (κ3) is 5.12. The number of pyridine rings is 1. The van der Waals surface area contributed by atoms with Crippen LogP contribution >= 0.6 is 0 Å². The van der Waals surface area contributed by atoms with E-state index in [9.17, 15) is 27.2 Å². The lowest BCUT2D eigenvalue weighted by Gasteiger charge is -2.38. The standard InChI is InChI=1S/C25H28F4N8O3/c1-24(2,27)23(39)36-8-16(26)17(9-36)34-21(38)15-4-13(6-31-22(15)40-3)18-5-14(7-35-10-25(28,29)11-35)19-20(30)32-12-33-37(18)19/h4-6,12,16-17H,7-11H2,1-3H3,(H,34,38)(H2,30,32,33)/t16-,17+/m0/s1/i3D3. The van der Waals surface area contributed by atoms with Crippen LogP contribution in [-0.2, 0) is 11.3 Å². The number of nitrogens with zero attached hydrogens (tertiary/aromatic N) is 6. The van der Waals surface area contributed by atoms with Gasteiger partial charge in [-0.2, -0.15) is 5.10 Å². The molecule has 2 aliphatic heterocycles. The number of anilines is 1. The summed E-state index contributed by atoms with van der Waals surface area (Å²) in [6.07, 6.45) is 0.661. The van der Waals surface area contributed by atoms with Crippen LogP contribution in [0.4, 0.5) is 23.4 Å². The number of aromatic nitrogens is 4. The Labute approximate surface area is 230 Å². The number of nitrogen functional groups attached to an aromatic ring is 1. The summed E-state index contributed by atoms with van der Waals surface area (Å²) in [7, 11) is -2.99. The van der Waals surface area contributed by atoms with Crippen LogP contribution in [0.1, 0.15) is 33.9 Å². The van der Waals surface area contributed by atoms with Gasteiger partial charge in [0.2, 0.25) is 5.88 Å². The third-order valence-corrected chi connectivity index (χ3v) is 6.81.